The van der Waals surface area contributed by atoms with Crippen molar-refractivity contribution in [2.45, 2.75) is 37.1 Å². The quantitative estimate of drug-likeness (QED) is 0.367. The number of aliphatic hydroxyl groups excluding tert-OH is 3. The molecule has 5 atom stereocenters. The summed E-state index contributed by atoms with van der Waals surface area (Å²) in [6.07, 6.45) is -5.97. The van der Waals surface area contributed by atoms with Crippen molar-refractivity contribution in [3.8, 4) is 0 Å². The molecule has 1 aromatic carbocycles. The Morgan fingerprint density at radius 3 is 2.31 bits per heavy atom. The molecule has 0 amide bonds. The van der Waals surface area contributed by atoms with Crippen molar-refractivity contribution in [2.24, 2.45) is 5.73 Å². The molecule has 0 aliphatic carbocycles. The lowest BCUT2D eigenvalue weighted by atomic mass is 9.94. The number of hydrogen-bond acceptors (Lipinski definition) is 7. The van der Waals surface area contributed by atoms with E-state index in [2.05, 4.69) is 5.32 Å². The van der Waals surface area contributed by atoms with Gasteiger partial charge in [0.05, 0.1) is 24.3 Å². The molecule has 26 heavy (non-hydrogen) atoms. The predicted octanol–water partition coefficient (Wildman–Crippen LogP) is -0.767. The van der Waals surface area contributed by atoms with E-state index in [0.717, 1.165) is 6.20 Å². The van der Waals surface area contributed by atoms with Crippen LogP contribution >= 0.6 is 0 Å². The van der Waals surface area contributed by atoms with E-state index < -0.39 is 60.5 Å². The molecule has 7 N–H and O–H groups in total. The van der Waals surface area contributed by atoms with Crippen molar-refractivity contribution in [3.05, 3.63) is 41.3 Å². The summed E-state index contributed by atoms with van der Waals surface area (Å²) in [7, 11) is 0. The van der Waals surface area contributed by atoms with Gasteiger partial charge in [0.2, 0.25) is 0 Å². The smallest absolute Gasteiger partial charge is 0.306 e. The molecule has 1 aromatic rings. The Bertz CT molecular complexity index is 694. The summed E-state index contributed by atoms with van der Waals surface area (Å²) in [5, 5.41) is 40.8. The predicted molar refractivity (Wildman–Crippen MR) is 80.6 cm³/mol. The van der Waals surface area contributed by atoms with E-state index in [9.17, 15) is 33.3 Å². The average molecular weight is 378 g/mol. The van der Waals surface area contributed by atoms with E-state index in [4.69, 9.17) is 15.6 Å². The highest BCUT2D eigenvalue weighted by Crippen LogP contribution is 2.23. The summed E-state index contributed by atoms with van der Waals surface area (Å²) in [5.41, 5.74) is 5.15. The molecule has 8 nitrogen and oxygen atoms in total. The summed E-state index contributed by atoms with van der Waals surface area (Å²) >= 11 is 0. The number of nitrogens with one attached hydrogen (secondary N) is 1. The molecule has 0 radical (unpaired) electrons. The van der Waals surface area contributed by atoms with Crippen LogP contribution in [-0.2, 0) is 9.53 Å². The second-order valence-electron chi connectivity index (χ2n) is 5.69. The van der Waals surface area contributed by atoms with Crippen LogP contribution in [0.2, 0.25) is 0 Å². The number of ether oxygens (including phenoxy) is 1. The van der Waals surface area contributed by atoms with E-state index in [-0.39, 0.29) is 11.3 Å². The SMILES string of the molecule is N/C(=C\NC1C(O)C(O)OC(CC(=O)O)C1O)c1cc(F)c(F)c(F)c1. The zero-order chi connectivity index (χ0) is 19.6. The minimum absolute atomic E-state index is 0.215. The second-order valence-corrected chi connectivity index (χ2v) is 5.69. The Hall–Kier alpha value is -2.34. The third kappa shape index (κ3) is 4.25. The van der Waals surface area contributed by atoms with Crippen LogP contribution in [0.4, 0.5) is 13.2 Å². The molecular weight excluding hydrogens is 361 g/mol. The lowest BCUT2D eigenvalue weighted by molar-refractivity contribution is -0.256. The first-order chi connectivity index (χ1) is 12.1. The van der Waals surface area contributed by atoms with Gasteiger partial charge in [0.15, 0.2) is 23.7 Å². The van der Waals surface area contributed by atoms with Crippen LogP contribution in [0, 0.1) is 17.5 Å². The number of rotatable bonds is 5. The summed E-state index contributed by atoms with van der Waals surface area (Å²) in [6.45, 7) is 0. The van der Waals surface area contributed by atoms with Crippen molar-refractivity contribution in [1.82, 2.24) is 5.32 Å². The lowest BCUT2D eigenvalue weighted by Crippen LogP contribution is -2.62. The zero-order valence-electron chi connectivity index (χ0n) is 13.1. The molecule has 1 aliphatic heterocycles. The number of carboxylic acids is 1. The fourth-order valence-electron chi connectivity index (χ4n) is 2.48. The number of carbonyl (C=O) groups is 1. The summed E-state index contributed by atoms with van der Waals surface area (Å²) < 4.78 is 44.3. The van der Waals surface area contributed by atoms with Gasteiger partial charge in [-0.05, 0) is 12.1 Å². The second kappa shape index (κ2) is 7.91. The summed E-state index contributed by atoms with van der Waals surface area (Å²) in [4.78, 5) is 10.8. The fraction of sp³-hybridized carbons (Fsp3) is 0.400. The van der Waals surface area contributed by atoms with Crippen LogP contribution in [0.15, 0.2) is 18.3 Å². The first kappa shape index (κ1) is 20.0. The summed E-state index contributed by atoms with van der Waals surface area (Å²) in [5.74, 6) is -5.88. The van der Waals surface area contributed by atoms with Crippen LogP contribution in [0.3, 0.4) is 0 Å². The molecule has 2 rings (SSSR count). The van der Waals surface area contributed by atoms with Gasteiger partial charge in [-0.3, -0.25) is 4.79 Å². The van der Waals surface area contributed by atoms with Crippen LogP contribution < -0.4 is 11.1 Å². The van der Waals surface area contributed by atoms with Gasteiger partial charge in [-0.25, -0.2) is 13.2 Å². The highest BCUT2D eigenvalue weighted by molar-refractivity contribution is 5.67. The van der Waals surface area contributed by atoms with Crippen molar-refractivity contribution in [3.63, 3.8) is 0 Å². The number of aliphatic carboxylic acids is 1. The first-order valence-corrected chi connectivity index (χ1v) is 7.40. The van der Waals surface area contributed by atoms with E-state index in [0.29, 0.717) is 12.1 Å². The third-order valence-corrected chi connectivity index (χ3v) is 3.85. The van der Waals surface area contributed by atoms with Crippen molar-refractivity contribution < 1.29 is 43.1 Å². The van der Waals surface area contributed by atoms with Crippen LogP contribution in [0.1, 0.15) is 12.0 Å². The Kier molecular flexibility index (Phi) is 6.08. The van der Waals surface area contributed by atoms with Gasteiger partial charge >= 0.3 is 5.97 Å². The summed E-state index contributed by atoms with van der Waals surface area (Å²) in [6, 6.07) is -0.00725. The van der Waals surface area contributed by atoms with E-state index in [1.807, 2.05) is 0 Å². The highest BCUT2D eigenvalue weighted by Gasteiger charge is 2.44. The monoisotopic (exact) mass is 378 g/mol. The molecule has 11 heteroatoms. The molecule has 0 spiro atoms. The number of benzene rings is 1. The molecule has 1 saturated heterocycles. The lowest BCUT2D eigenvalue weighted by Gasteiger charge is -2.40. The number of carboxylic acid groups (broad SMARTS) is 1. The van der Waals surface area contributed by atoms with Gasteiger partial charge in [0.1, 0.15) is 12.2 Å². The number of hydrogen-bond donors (Lipinski definition) is 6. The van der Waals surface area contributed by atoms with Gasteiger partial charge < -0.3 is 36.2 Å². The molecule has 144 valence electrons. The van der Waals surface area contributed by atoms with Crippen LogP contribution in [-0.4, -0.2) is 57.0 Å². The van der Waals surface area contributed by atoms with E-state index in [1.165, 1.54) is 0 Å². The van der Waals surface area contributed by atoms with Crippen molar-refractivity contribution >= 4 is 11.7 Å². The Morgan fingerprint density at radius 2 is 1.77 bits per heavy atom. The molecule has 0 aromatic heterocycles. The zero-order valence-corrected chi connectivity index (χ0v) is 13.1. The van der Waals surface area contributed by atoms with Crippen molar-refractivity contribution in [1.29, 1.82) is 0 Å². The van der Waals surface area contributed by atoms with Crippen LogP contribution in [0.25, 0.3) is 5.70 Å². The maximum Gasteiger partial charge on any atom is 0.306 e. The number of nitrogens with two attached hydrogens (primary N) is 1. The number of halogens is 3. The van der Waals surface area contributed by atoms with E-state index in [1.54, 1.807) is 0 Å². The first-order valence-electron chi connectivity index (χ1n) is 7.40. The molecule has 1 fully saturated rings. The third-order valence-electron chi connectivity index (χ3n) is 3.85. The van der Waals surface area contributed by atoms with Gasteiger partial charge in [-0.1, -0.05) is 0 Å². The molecule has 0 bridgehead atoms. The van der Waals surface area contributed by atoms with Gasteiger partial charge in [-0.2, -0.15) is 0 Å². The minimum Gasteiger partial charge on any atom is -0.481 e. The maximum absolute atomic E-state index is 13.2. The average Bonchev–Trinajstić information content (AvgIpc) is 2.56. The van der Waals surface area contributed by atoms with Gasteiger partial charge in [0, 0.05) is 11.8 Å². The Labute approximate surface area is 145 Å². The van der Waals surface area contributed by atoms with E-state index >= 15 is 0 Å². The maximum atomic E-state index is 13.2. The molecule has 0 saturated carbocycles. The molecule has 5 unspecified atom stereocenters. The standard InChI is InChI=1S/C15H17F3N2O6/c16-6-1-5(2-7(17)11(6)18)8(19)4-20-12-13(23)9(3-10(21)22)26-15(25)14(12)24/h1-2,4,9,12-15,20,23-25H,3,19H2,(H,21,22)/b8-4-. The minimum atomic E-state index is -1.78. The largest absolute Gasteiger partial charge is 0.481 e. The Balaban J connectivity index is 2.19. The topological polar surface area (TPSA) is 145 Å². The van der Waals surface area contributed by atoms with Gasteiger partial charge in [-0.15, -0.1) is 0 Å². The normalized spacial score (nSPS) is 29.5. The van der Waals surface area contributed by atoms with Gasteiger partial charge in [0.25, 0.3) is 0 Å². The number of aliphatic hydroxyl groups is 3. The molecule has 1 aliphatic rings. The highest BCUT2D eigenvalue weighted by atomic mass is 19.2. The van der Waals surface area contributed by atoms with Crippen LogP contribution in [0.5, 0.6) is 0 Å². The van der Waals surface area contributed by atoms with Crippen molar-refractivity contribution in [2.75, 3.05) is 0 Å². The molecular formula is C15H17F3N2O6. The Morgan fingerprint density at radius 1 is 1.19 bits per heavy atom. The molecule has 1 heterocycles. The fourth-order valence-corrected chi connectivity index (χ4v) is 2.48.